The Morgan fingerprint density at radius 2 is 1.92 bits per heavy atom. The molecule has 0 saturated heterocycles. The average Bonchev–Trinajstić information content (AvgIpc) is 2.93. The highest BCUT2D eigenvalue weighted by Gasteiger charge is 2.11. The van der Waals surface area contributed by atoms with E-state index in [0.29, 0.717) is 30.1 Å². The first-order chi connectivity index (χ1) is 12.0. The number of hydrogen-bond acceptors (Lipinski definition) is 2. The lowest BCUT2D eigenvalue weighted by molar-refractivity contribution is 0.0954. The van der Waals surface area contributed by atoms with Gasteiger partial charge in [0.2, 0.25) is 0 Å². The highest BCUT2D eigenvalue weighted by atomic mass is 79.9. The summed E-state index contributed by atoms with van der Waals surface area (Å²) in [5, 5.41) is 3.53. The van der Waals surface area contributed by atoms with Crippen molar-refractivity contribution in [2.45, 2.75) is 13.0 Å². The third-order valence-corrected chi connectivity index (χ3v) is 4.31. The van der Waals surface area contributed by atoms with E-state index >= 15 is 0 Å². The fourth-order valence-electron chi connectivity index (χ4n) is 2.66. The molecule has 0 spiro atoms. The van der Waals surface area contributed by atoms with Crippen LogP contribution in [0.25, 0.3) is 11.0 Å². The van der Waals surface area contributed by atoms with E-state index in [1.165, 1.54) is 0 Å². The number of nitrogens with one attached hydrogen (secondary N) is 1. The Hall–Kier alpha value is -2.11. The second kappa shape index (κ2) is 7.85. The summed E-state index contributed by atoms with van der Waals surface area (Å²) in [6.45, 7) is 5.06. The van der Waals surface area contributed by atoms with Crippen LogP contribution in [0, 0.1) is 0 Å². The second-order valence-electron chi connectivity index (χ2n) is 5.63. The minimum atomic E-state index is -0.121. The zero-order chi connectivity index (χ0) is 17.8. The first-order valence-corrected chi connectivity index (χ1v) is 9.03. The zero-order valence-corrected chi connectivity index (χ0v) is 15.8. The number of imidazole rings is 1. The maximum Gasteiger partial charge on any atom is 0.251 e. The number of para-hydroxylation sites is 2. The third-order valence-electron chi connectivity index (χ3n) is 3.80. The van der Waals surface area contributed by atoms with Crippen molar-refractivity contribution >= 4 is 44.5 Å². The summed E-state index contributed by atoms with van der Waals surface area (Å²) < 4.78 is 2.99. The highest BCUT2D eigenvalue weighted by Crippen LogP contribution is 2.19. The third kappa shape index (κ3) is 4.30. The molecule has 128 valence electrons. The van der Waals surface area contributed by atoms with Gasteiger partial charge in [0.05, 0.1) is 17.6 Å². The van der Waals surface area contributed by atoms with Gasteiger partial charge in [-0.3, -0.25) is 4.79 Å². The number of aromatic nitrogens is 2. The smallest absolute Gasteiger partial charge is 0.251 e. The Bertz CT molecular complexity index is 918. The molecule has 1 amide bonds. The van der Waals surface area contributed by atoms with Crippen LogP contribution in [0.3, 0.4) is 0 Å². The van der Waals surface area contributed by atoms with Crippen LogP contribution < -0.4 is 5.32 Å². The maximum absolute atomic E-state index is 12.2. The number of rotatable bonds is 6. The van der Waals surface area contributed by atoms with Crippen molar-refractivity contribution in [2.24, 2.45) is 0 Å². The van der Waals surface area contributed by atoms with E-state index in [-0.39, 0.29) is 5.91 Å². The molecule has 25 heavy (non-hydrogen) atoms. The van der Waals surface area contributed by atoms with Gasteiger partial charge in [0.1, 0.15) is 5.82 Å². The number of allylic oxidation sites excluding steroid dienone is 1. The molecule has 0 aliphatic heterocycles. The molecule has 4 nitrogen and oxygen atoms in total. The number of amides is 1. The lowest BCUT2D eigenvalue weighted by atomic mass is 10.2. The van der Waals surface area contributed by atoms with Gasteiger partial charge in [0, 0.05) is 28.0 Å². The Morgan fingerprint density at radius 3 is 2.64 bits per heavy atom. The minimum Gasteiger partial charge on any atom is -0.352 e. The molecule has 6 heteroatoms. The van der Waals surface area contributed by atoms with Crippen LogP contribution in [-0.2, 0) is 13.0 Å². The molecule has 0 aliphatic carbocycles. The zero-order valence-electron chi connectivity index (χ0n) is 13.5. The van der Waals surface area contributed by atoms with Crippen molar-refractivity contribution in [1.29, 1.82) is 0 Å². The highest BCUT2D eigenvalue weighted by molar-refractivity contribution is 9.11. The fourth-order valence-corrected chi connectivity index (χ4v) is 3.03. The monoisotopic (exact) mass is 417 g/mol. The summed E-state index contributed by atoms with van der Waals surface area (Å²) in [5.41, 5.74) is 2.59. The van der Waals surface area contributed by atoms with Gasteiger partial charge in [-0.05, 0) is 36.4 Å². The van der Waals surface area contributed by atoms with E-state index < -0.39 is 0 Å². The van der Waals surface area contributed by atoms with Crippen molar-refractivity contribution in [3.63, 3.8) is 0 Å². The van der Waals surface area contributed by atoms with Gasteiger partial charge in [-0.1, -0.05) is 46.2 Å². The number of fused-ring (bicyclic) bond motifs is 1. The lowest BCUT2D eigenvalue weighted by Crippen LogP contribution is -2.26. The van der Waals surface area contributed by atoms with Crippen LogP contribution in [0.2, 0.25) is 5.02 Å². The molecule has 0 bridgehead atoms. The Labute approximate surface area is 159 Å². The van der Waals surface area contributed by atoms with Gasteiger partial charge in [-0.25, -0.2) is 4.98 Å². The van der Waals surface area contributed by atoms with E-state index in [1.807, 2.05) is 24.3 Å². The van der Waals surface area contributed by atoms with Crippen LogP contribution >= 0.6 is 27.5 Å². The van der Waals surface area contributed by atoms with Crippen LogP contribution in [0.15, 0.2) is 59.6 Å². The topological polar surface area (TPSA) is 46.9 Å². The number of carbonyl (C=O) groups is 1. The Morgan fingerprint density at radius 1 is 1.20 bits per heavy atom. The average molecular weight is 419 g/mol. The van der Waals surface area contributed by atoms with Gasteiger partial charge >= 0.3 is 0 Å². The molecular weight excluding hydrogens is 402 g/mol. The molecule has 0 unspecified atom stereocenters. The molecular formula is C19H17BrClN3O. The summed E-state index contributed by atoms with van der Waals surface area (Å²) in [5.74, 6) is 0.794. The minimum absolute atomic E-state index is 0.121. The van der Waals surface area contributed by atoms with Crippen molar-refractivity contribution in [3.05, 3.63) is 76.0 Å². The molecule has 1 aromatic heterocycles. The number of hydrogen-bond donors (Lipinski definition) is 1. The fraction of sp³-hybridized carbons (Fsp3) is 0.158. The molecule has 0 atom stereocenters. The summed E-state index contributed by atoms with van der Waals surface area (Å²) >= 11 is 9.26. The lowest BCUT2D eigenvalue weighted by Gasteiger charge is -2.09. The van der Waals surface area contributed by atoms with E-state index in [9.17, 15) is 4.79 Å². The largest absolute Gasteiger partial charge is 0.352 e. The van der Waals surface area contributed by atoms with Crippen LogP contribution in [-0.4, -0.2) is 22.0 Å². The van der Waals surface area contributed by atoms with Crippen molar-refractivity contribution in [2.75, 3.05) is 6.54 Å². The predicted octanol–water partition coefficient (Wildman–Crippen LogP) is 4.57. The summed E-state index contributed by atoms with van der Waals surface area (Å²) in [6.07, 6.45) is 0.633. The SMILES string of the molecule is C=C(Br)Cn1c(CCNC(=O)c2ccc(Cl)cc2)nc2ccccc21. The number of halogens is 2. The van der Waals surface area contributed by atoms with Crippen LogP contribution in [0.4, 0.5) is 0 Å². The summed E-state index contributed by atoms with van der Waals surface area (Å²) in [7, 11) is 0. The van der Waals surface area contributed by atoms with Crippen molar-refractivity contribution in [3.8, 4) is 0 Å². The van der Waals surface area contributed by atoms with Gasteiger partial charge in [-0.15, -0.1) is 0 Å². The summed E-state index contributed by atoms with van der Waals surface area (Å²) in [4.78, 5) is 16.9. The molecule has 1 N–H and O–H groups in total. The van der Waals surface area contributed by atoms with E-state index in [2.05, 4.69) is 37.4 Å². The van der Waals surface area contributed by atoms with E-state index in [1.54, 1.807) is 24.3 Å². The molecule has 3 aromatic rings. The second-order valence-corrected chi connectivity index (χ2v) is 7.19. The van der Waals surface area contributed by atoms with Crippen LogP contribution in [0.1, 0.15) is 16.2 Å². The first kappa shape index (κ1) is 17.7. The molecule has 1 heterocycles. The standard InChI is InChI=1S/C19H17BrClN3O/c1-13(20)12-24-17-5-3-2-4-16(17)23-18(24)10-11-22-19(25)14-6-8-15(21)9-7-14/h2-9H,1,10-12H2,(H,22,25). The number of nitrogens with zero attached hydrogens (tertiary/aromatic N) is 2. The van der Waals surface area contributed by atoms with Gasteiger partial charge in [-0.2, -0.15) is 0 Å². The molecule has 0 fully saturated rings. The van der Waals surface area contributed by atoms with Crippen molar-refractivity contribution < 1.29 is 4.79 Å². The molecule has 0 aliphatic rings. The van der Waals surface area contributed by atoms with Crippen LogP contribution in [0.5, 0.6) is 0 Å². The van der Waals surface area contributed by atoms with E-state index in [4.69, 9.17) is 11.6 Å². The van der Waals surface area contributed by atoms with E-state index in [0.717, 1.165) is 21.3 Å². The predicted molar refractivity (Wildman–Crippen MR) is 105 cm³/mol. The Balaban J connectivity index is 1.71. The summed E-state index contributed by atoms with van der Waals surface area (Å²) in [6, 6.07) is 14.8. The van der Waals surface area contributed by atoms with Gasteiger partial charge in [0.25, 0.3) is 5.91 Å². The number of benzene rings is 2. The van der Waals surface area contributed by atoms with Gasteiger partial charge in [0.15, 0.2) is 0 Å². The molecule has 3 rings (SSSR count). The van der Waals surface area contributed by atoms with Gasteiger partial charge < -0.3 is 9.88 Å². The quantitative estimate of drug-likeness (QED) is 0.637. The molecule has 0 saturated carbocycles. The normalized spacial score (nSPS) is 10.8. The number of carbonyl (C=O) groups excluding carboxylic acids is 1. The Kier molecular flexibility index (Phi) is 5.56. The maximum atomic E-state index is 12.2. The first-order valence-electron chi connectivity index (χ1n) is 7.86. The van der Waals surface area contributed by atoms with Crippen molar-refractivity contribution in [1.82, 2.24) is 14.9 Å². The molecule has 2 aromatic carbocycles. The molecule has 0 radical (unpaired) electrons.